The molecule has 2 amide bonds. The van der Waals surface area contributed by atoms with Crippen LogP contribution in [-0.4, -0.2) is 59.0 Å². The molecule has 1 saturated heterocycles. The molecule has 1 aliphatic heterocycles. The van der Waals surface area contributed by atoms with Crippen LogP contribution in [-0.2, 0) is 14.3 Å². The number of carbonyl (C=O) groups excluding carboxylic acids is 2. The maximum absolute atomic E-state index is 12.2. The highest BCUT2D eigenvalue weighted by Gasteiger charge is 2.37. The van der Waals surface area contributed by atoms with E-state index >= 15 is 0 Å². The van der Waals surface area contributed by atoms with E-state index in [1.807, 2.05) is 0 Å². The first-order valence-electron chi connectivity index (χ1n) is 8.46. The molecule has 0 saturated carbocycles. The lowest BCUT2D eigenvalue weighted by Crippen LogP contribution is -2.50. The van der Waals surface area contributed by atoms with Gasteiger partial charge in [0.15, 0.2) is 0 Å². The zero-order valence-electron chi connectivity index (χ0n) is 15.9. The molecule has 0 unspecified atom stereocenters. The number of carbonyl (C=O) groups is 3. The molecule has 1 fully saturated rings. The van der Waals surface area contributed by atoms with Crippen molar-refractivity contribution in [3.05, 3.63) is 0 Å². The monoisotopic (exact) mass is 358 g/mol. The molecule has 144 valence electrons. The minimum atomic E-state index is -0.931. The summed E-state index contributed by atoms with van der Waals surface area (Å²) in [6, 6.07) is 0. The van der Waals surface area contributed by atoms with E-state index in [9.17, 15) is 19.5 Å². The molecule has 1 heterocycles. The molecule has 0 aromatic carbocycles. The molecule has 0 spiro atoms. The van der Waals surface area contributed by atoms with Crippen LogP contribution >= 0.6 is 0 Å². The number of carboxylic acids is 1. The Morgan fingerprint density at radius 3 is 2.12 bits per heavy atom. The number of amides is 2. The number of hydrogen-bond acceptors (Lipinski definition) is 5. The number of aliphatic carboxylic acids is 1. The summed E-state index contributed by atoms with van der Waals surface area (Å²) < 4.78 is 10.5. The first-order chi connectivity index (χ1) is 11.3. The molecule has 0 radical (unpaired) electrons. The zero-order chi connectivity index (χ0) is 19.4. The van der Waals surface area contributed by atoms with Crippen molar-refractivity contribution >= 4 is 18.2 Å². The number of rotatable bonds is 3. The average molecular weight is 358 g/mol. The highest BCUT2D eigenvalue weighted by molar-refractivity contribution is 5.73. The van der Waals surface area contributed by atoms with E-state index in [0.717, 1.165) is 0 Å². The lowest BCUT2D eigenvalue weighted by Gasteiger charge is -2.37. The molecule has 1 aliphatic rings. The van der Waals surface area contributed by atoms with Crippen molar-refractivity contribution in [2.24, 2.45) is 11.8 Å². The SMILES string of the molecule is CC(C)(C)OC(=O)NC[C@@H]1CN(C(=O)OC(C)(C)C)CC[C@@H]1C(=O)O. The lowest BCUT2D eigenvalue weighted by molar-refractivity contribution is -0.145. The molecule has 25 heavy (non-hydrogen) atoms. The second kappa shape index (κ2) is 7.93. The summed E-state index contributed by atoms with van der Waals surface area (Å²) in [5, 5.41) is 12.0. The second-order valence-corrected chi connectivity index (χ2v) is 8.30. The van der Waals surface area contributed by atoms with Crippen LogP contribution in [0.2, 0.25) is 0 Å². The predicted molar refractivity (Wildman–Crippen MR) is 91.3 cm³/mol. The van der Waals surface area contributed by atoms with Gasteiger partial charge < -0.3 is 24.8 Å². The maximum atomic E-state index is 12.2. The summed E-state index contributed by atoms with van der Waals surface area (Å²) in [6.45, 7) is 11.2. The molecule has 1 rings (SSSR count). The quantitative estimate of drug-likeness (QED) is 0.803. The number of carboxylic acid groups (broad SMARTS) is 1. The van der Waals surface area contributed by atoms with Crippen molar-refractivity contribution in [2.75, 3.05) is 19.6 Å². The predicted octanol–water partition coefficient (Wildman–Crippen LogP) is 2.47. The van der Waals surface area contributed by atoms with Crippen molar-refractivity contribution in [1.82, 2.24) is 10.2 Å². The third-order valence-electron chi connectivity index (χ3n) is 3.61. The number of ether oxygens (including phenoxy) is 2. The molecule has 0 aromatic heterocycles. The normalized spacial score (nSPS) is 21.4. The Morgan fingerprint density at radius 2 is 1.64 bits per heavy atom. The third kappa shape index (κ3) is 7.62. The summed E-state index contributed by atoms with van der Waals surface area (Å²) >= 11 is 0. The van der Waals surface area contributed by atoms with Crippen molar-refractivity contribution in [3.63, 3.8) is 0 Å². The van der Waals surface area contributed by atoms with Gasteiger partial charge in [-0.3, -0.25) is 4.79 Å². The van der Waals surface area contributed by atoms with E-state index in [1.54, 1.807) is 41.5 Å². The van der Waals surface area contributed by atoms with E-state index in [1.165, 1.54) is 4.90 Å². The second-order valence-electron chi connectivity index (χ2n) is 8.30. The van der Waals surface area contributed by atoms with E-state index in [-0.39, 0.29) is 13.1 Å². The van der Waals surface area contributed by atoms with Gasteiger partial charge in [-0.15, -0.1) is 0 Å². The molecule has 2 N–H and O–H groups in total. The summed E-state index contributed by atoms with van der Waals surface area (Å²) in [6.07, 6.45) is -0.764. The van der Waals surface area contributed by atoms with E-state index in [0.29, 0.717) is 13.0 Å². The molecule has 0 aromatic rings. The highest BCUT2D eigenvalue weighted by atomic mass is 16.6. The molecule has 0 bridgehead atoms. The number of likely N-dealkylation sites (tertiary alicyclic amines) is 1. The summed E-state index contributed by atoms with van der Waals surface area (Å²) in [5.41, 5.74) is -1.25. The Labute approximate surface area is 148 Å². The van der Waals surface area contributed by atoms with Gasteiger partial charge in [-0.25, -0.2) is 9.59 Å². The van der Waals surface area contributed by atoms with Gasteiger partial charge >= 0.3 is 18.2 Å². The Morgan fingerprint density at radius 1 is 1.08 bits per heavy atom. The number of nitrogens with zero attached hydrogens (tertiary/aromatic N) is 1. The van der Waals surface area contributed by atoms with Gasteiger partial charge in [-0.05, 0) is 48.0 Å². The van der Waals surface area contributed by atoms with Crippen LogP contribution in [0.4, 0.5) is 9.59 Å². The highest BCUT2D eigenvalue weighted by Crippen LogP contribution is 2.25. The van der Waals surface area contributed by atoms with Gasteiger partial charge in [-0.2, -0.15) is 0 Å². The zero-order valence-corrected chi connectivity index (χ0v) is 15.9. The Bertz CT molecular complexity index is 506. The van der Waals surface area contributed by atoms with Crippen LogP contribution in [0, 0.1) is 11.8 Å². The van der Waals surface area contributed by atoms with Crippen molar-refractivity contribution in [2.45, 2.75) is 59.2 Å². The number of hydrogen-bond donors (Lipinski definition) is 2. The van der Waals surface area contributed by atoms with Crippen LogP contribution < -0.4 is 5.32 Å². The van der Waals surface area contributed by atoms with E-state index < -0.39 is 41.2 Å². The van der Waals surface area contributed by atoms with Gasteiger partial charge in [0.25, 0.3) is 0 Å². The molecular weight excluding hydrogens is 328 g/mol. The summed E-state index contributed by atoms with van der Waals surface area (Å²) in [4.78, 5) is 37.0. The van der Waals surface area contributed by atoms with Gasteiger partial charge in [-0.1, -0.05) is 0 Å². The molecule has 8 nitrogen and oxygen atoms in total. The van der Waals surface area contributed by atoms with E-state index in [2.05, 4.69) is 5.32 Å². The molecule has 2 atom stereocenters. The van der Waals surface area contributed by atoms with Crippen LogP contribution in [0.15, 0.2) is 0 Å². The van der Waals surface area contributed by atoms with Gasteiger partial charge in [0, 0.05) is 25.6 Å². The number of piperidine rings is 1. The number of nitrogens with one attached hydrogen (secondary N) is 1. The lowest BCUT2D eigenvalue weighted by atomic mass is 9.85. The molecular formula is C17H30N2O6. The molecule has 8 heteroatoms. The maximum Gasteiger partial charge on any atom is 0.410 e. The van der Waals surface area contributed by atoms with Crippen molar-refractivity contribution < 1.29 is 29.0 Å². The minimum Gasteiger partial charge on any atom is -0.481 e. The van der Waals surface area contributed by atoms with Crippen molar-refractivity contribution in [1.29, 1.82) is 0 Å². The smallest absolute Gasteiger partial charge is 0.410 e. The Hall–Kier alpha value is -1.99. The third-order valence-corrected chi connectivity index (χ3v) is 3.61. The van der Waals surface area contributed by atoms with E-state index in [4.69, 9.17) is 9.47 Å². The fourth-order valence-electron chi connectivity index (χ4n) is 2.59. The standard InChI is InChI=1S/C17H30N2O6/c1-16(2,3)24-14(22)18-9-11-10-19(8-7-12(11)13(20)21)15(23)25-17(4,5)6/h11-12H,7-10H2,1-6H3,(H,18,22)(H,20,21)/t11-,12+/m1/s1. The topological polar surface area (TPSA) is 105 Å². The van der Waals surface area contributed by atoms with Crippen LogP contribution in [0.1, 0.15) is 48.0 Å². The fourth-order valence-corrected chi connectivity index (χ4v) is 2.59. The summed E-state index contributed by atoms with van der Waals surface area (Å²) in [7, 11) is 0. The largest absolute Gasteiger partial charge is 0.481 e. The van der Waals surface area contributed by atoms with Crippen LogP contribution in [0.25, 0.3) is 0 Å². The van der Waals surface area contributed by atoms with Crippen LogP contribution in [0.3, 0.4) is 0 Å². The Balaban J connectivity index is 2.69. The van der Waals surface area contributed by atoms with Gasteiger partial charge in [0.05, 0.1) is 5.92 Å². The van der Waals surface area contributed by atoms with Crippen molar-refractivity contribution in [3.8, 4) is 0 Å². The van der Waals surface area contributed by atoms with Crippen LogP contribution in [0.5, 0.6) is 0 Å². The average Bonchev–Trinajstić information content (AvgIpc) is 2.40. The first-order valence-corrected chi connectivity index (χ1v) is 8.46. The van der Waals surface area contributed by atoms with Gasteiger partial charge in [0.2, 0.25) is 0 Å². The summed E-state index contributed by atoms with van der Waals surface area (Å²) in [5.74, 6) is -1.97. The van der Waals surface area contributed by atoms with Gasteiger partial charge in [0.1, 0.15) is 11.2 Å². The number of alkyl carbamates (subject to hydrolysis) is 1. The fraction of sp³-hybridized carbons (Fsp3) is 0.824. The first kappa shape index (κ1) is 21.1. The minimum absolute atomic E-state index is 0.116. The molecule has 0 aliphatic carbocycles. The Kier molecular flexibility index (Phi) is 6.68.